The highest BCUT2D eigenvalue weighted by molar-refractivity contribution is 7.22. The van der Waals surface area contributed by atoms with Gasteiger partial charge in [0.05, 0.1) is 28.6 Å². The number of nitrogens with zero attached hydrogens (tertiary/aromatic N) is 5. The molecule has 29 heavy (non-hydrogen) atoms. The maximum atomic E-state index is 13.2. The number of hydrogen-bond donors (Lipinski definition) is 0. The van der Waals surface area contributed by atoms with Crippen LogP contribution in [0.1, 0.15) is 21.8 Å². The average Bonchev–Trinajstić information content (AvgIpc) is 3.32. The van der Waals surface area contributed by atoms with Crippen LogP contribution in [-0.2, 0) is 4.74 Å². The Balaban J connectivity index is 0.00000240. The normalized spacial score (nSPS) is 14.7. The standard InChI is InChI=1S/C18H20ClN5O2S2.ClH/c1-12-16(28-22-21-12)17(25)24(7-3-6-23-8-10-26-11-9-23)18-20-15-13(19)4-2-5-14(15)27-18;/h2,4-5H,3,6-11H2,1H3;1H. The lowest BCUT2D eigenvalue weighted by Crippen LogP contribution is -2.39. The van der Waals surface area contributed by atoms with Crippen LogP contribution in [0.5, 0.6) is 0 Å². The second kappa shape index (κ2) is 10.1. The Morgan fingerprint density at radius 3 is 2.83 bits per heavy atom. The molecule has 3 heterocycles. The van der Waals surface area contributed by atoms with Gasteiger partial charge in [-0.25, -0.2) is 4.98 Å². The summed E-state index contributed by atoms with van der Waals surface area (Å²) in [5, 5.41) is 5.23. The quantitative estimate of drug-likeness (QED) is 0.540. The first kappa shape index (κ1) is 22.3. The summed E-state index contributed by atoms with van der Waals surface area (Å²) >= 11 is 8.89. The van der Waals surface area contributed by atoms with Gasteiger partial charge in [-0.3, -0.25) is 14.6 Å². The Morgan fingerprint density at radius 2 is 2.14 bits per heavy atom. The number of aryl methyl sites for hydroxylation is 1. The molecule has 156 valence electrons. The number of amides is 1. The van der Waals surface area contributed by atoms with Crippen LogP contribution < -0.4 is 4.90 Å². The molecule has 7 nitrogen and oxygen atoms in total. The van der Waals surface area contributed by atoms with E-state index in [1.807, 2.05) is 18.2 Å². The highest BCUT2D eigenvalue weighted by Gasteiger charge is 2.25. The summed E-state index contributed by atoms with van der Waals surface area (Å²) in [5.41, 5.74) is 1.38. The fraction of sp³-hybridized carbons (Fsp3) is 0.444. The number of carbonyl (C=O) groups is 1. The van der Waals surface area contributed by atoms with Crippen molar-refractivity contribution in [3.63, 3.8) is 0 Å². The van der Waals surface area contributed by atoms with Crippen molar-refractivity contribution in [2.75, 3.05) is 44.3 Å². The Hall–Kier alpha value is -1.36. The van der Waals surface area contributed by atoms with Gasteiger partial charge in [-0.1, -0.05) is 33.5 Å². The molecule has 1 fully saturated rings. The zero-order chi connectivity index (χ0) is 19.5. The van der Waals surface area contributed by atoms with Gasteiger partial charge in [0.2, 0.25) is 0 Å². The molecule has 0 N–H and O–H groups in total. The molecule has 11 heteroatoms. The van der Waals surface area contributed by atoms with Gasteiger partial charge in [0.15, 0.2) is 5.13 Å². The largest absolute Gasteiger partial charge is 0.379 e. The van der Waals surface area contributed by atoms with Gasteiger partial charge in [-0.05, 0) is 37.0 Å². The van der Waals surface area contributed by atoms with Crippen molar-refractivity contribution in [3.05, 3.63) is 33.8 Å². The second-order valence-electron chi connectivity index (χ2n) is 6.53. The molecule has 0 aliphatic carbocycles. The van der Waals surface area contributed by atoms with E-state index in [1.54, 1.807) is 11.8 Å². The van der Waals surface area contributed by atoms with E-state index in [4.69, 9.17) is 16.3 Å². The van der Waals surface area contributed by atoms with E-state index in [2.05, 4.69) is 19.5 Å². The fourth-order valence-electron chi connectivity index (χ4n) is 3.13. The van der Waals surface area contributed by atoms with Gasteiger partial charge in [-0.2, -0.15) is 0 Å². The van der Waals surface area contributed by atoms with Crippen LogP contribution in [0, 0.1) is 6.92 Å². The molecule has 1 aromatic carbocycles. The number of carbonyl (C=O) groups excluding carboxylic acids is 1. The number of ether oxygens (including phenoxy) is 1. The Kier molecular flexibility index (Phi) is 7.78. The molecular formula is C18H21Cl2N5O2S2. The molecule has 2 aromatic heterocycles. The summed E-state index contributed by atoms with van der Waals surface area (Å²) in [5.74, 6) is -0.107. The molecule has 0 saturated carbocycles. The monoisotopic (exact) mass is 473 g/mol. The zero-order valence-corrected chi connectivity index (χ0v) is 19.0. The first-order valence-corrected chi connectivity index (χ1v) is 11.1. The van der Waals surface area contributed by atoms with Crippen LogP contribution in [0.15, 0.2) is 18.2 Å². The summed E-state index contributed by atoms with van der Waals surface area (Å²) in [4.78, 5) is 22.5. The van der Waals surface area contributed by atoms with Gasteiger partial charge in [0, 0.05) is 26.2 Å². The molecular weight excluding hydrogens is 453 g/mol. The van der Waals surface area contributed by atoms with Crippen molar-refractivity contribution in [1.82, 2.24) is 19.5 Å². The maximum Gasteiger partial charge on any atom is 0.273 e. The number of benzene rings is 1. The van der Waals surface area contributed by atoms with Crippen molar-refractivity contribution in [3.8, 4) is 0 Å². The number of rotatable bonds is 6. The fourth-order valence-corrected chi connectivity index (χ4v) is 5.03. The molecule has 1 aliphatic rings. The minimum absolute atomic E-state index is 0. The average molecular weight is 474 g/mol. The number of para-hydroxylation sites is 1. The van der Waals surface area contributed by atoms with Gasteiger partial charge in [0.1, 0.15) is 10.4 Å². The van der Waals surface area contributed by atoms with E-state index >= 15 is 0 Å². The minimum Gasteiger partial charge on any atom is -0.379 e. The topological polar surface area (TPSA) is 71.5 Å². The summed E-state index contributed by atoms with van der Waals surface area (Å²) < 4.78 is 10.3. The SMILES string of the molecule is Cc1nnsc1C(=O)N(CCCN1CCOCC1)c1nc2c(Cl)cccc2s1.Cl. The summed E-state index contributed by atoms with van der Waals surface area (Å²) in [6, 6.07) is 5.68. The molecule has 0 spiro atoms. The summed E-state index contributed by atoms with van der Waals surface area (Å²) in [7, 11) is 0. The van der Waals surface area contributed by atoms with Crippen molar-refractivity contribution < 1.29 is 9.53 Å². The first-order chi connectivity index (χ1) is 13.6. The van der Waals surface area contributed by atoms with Gasteiger partial charge in [0.25, 0.3) is 5.91 Å². The number of morpholine rings is 1. The van der Waals surface area contributed by atoms with E-state index in [-0.39, 0.29) is 18.3 Å². The van der Waals surface area contributed by atoms with Crippen LogP contribution in [-0.4, -0.2) is 64.8 Å². The van der Waals surface area contributed by atoms with Crippen molar-refractivity contribution >= 4 is 68.1 Å². The van der Waals surface area contributed by atoms with Crippen LogP contribution in [0.3, 0.4) is 0 Å². The van der Waals surface area contributed by atoms with Crippen LogP contribution >= 0.6 is 46.9 Å². The zero-order valence-electron chi connectivity index (χ0n) is 15.8. The lowest BCUT2D eigenvalue weighted by molar-refractivity contribution is 0.0376. The van der Waals surface area contributed by atoms with E-state index in [0.717, 1.165) is 61.0 Å². The molecule has 4 rings (SSSR count). The molecule has 1 saturated heterocycles. The van der Waals surface area contributed by atoms with Gasteiger partial charge < -0.3 is 4.74 Å². The third-order valence-corrected chi connectivity index (χ3v) is 6.80. The molecule has 0 bridgehead atoms. The smallest absolute Gasteiger partial charge is 0.273 e. The van der Waals surface area contributed by atoms with Crippen LogP contribution in [0.4, 0.5) is 5.13 Å². The van der Waals surface area contributed by atoms with E-state index in [0.29, 0.717) is 27.3 Å². The summed E-state index contributed by atoms with van der Waals surface area (Å²) in [6.45, 7) is 6.70. The lowest BCUT2D eigenvalue weighted by Gasteiger charge is -2.27. The highest BCUT2D eigenvalue weighted by Crippen LogP contribution is 2.34. The predicted octanol–water partition coefficient (Wildman–Crippen LogP) is 3.90. The Labute approximate surface area is 188 Å². The molecule has 1 aliphatic heterocycles. The number of anilines is 1. The number of fused-ring (bicyclic) bond motifs is 1. The number of hydrogen-bond acceptors (Lipinski definition) is 8. The van der Waals surface area contributed by atoms with Crippen molar-refractivity contribution in [2.45, 2.75) is 13.3 Å². The predicted molar refractivity (Wildman–Crippen MR) is 120 cm³/mol. The molecule has 0 atom stereocenters. The van der Waals surface area contributed by atoms with E-state index in [1.165, 1.54) is 11.3 Å². The molecule has 0 radical (unpaired) electrons. The third-order valence-electron chi connectivity index (χ3n) is 4.64. The minimum atomic E-state index is -0.107. The highest BCUT2D eigenvalue weighted by atomic mass is 35.5. The number of thiazole rings is 1. The number of halogens is 2. The third kappa shape index (κ3) is 5.04. The molecule has 0 unspecified atom stereocenters. The van der Waals surface area contributed by atoms with Crippen molar-refractivity contribution in [2.24, 2.45) is 0 Å². The summed E-state index contributed by atoms with van der Waals surface area (Å²) in [6.07, 6.45) is 0.848. The van der Waals surface area contributed by atoms with Gasteiger partial charge in [-0.15, -0.1) is 17.5 Å². The lowest BCUT2D eigenvalue weighted by atomic mass is 10.3. The van der Waals surface area contributed by atoms with Crippen molar-refractivity contribution in [1.29, 1.82) is 0 Å². The van der Waals surface area contributed by atoms with Crippen LogP contribution in [0.2, 0.25) is 5.02 Å². The second-order valence-corrected chi connectivity index (χ2v) is 8.71. The first-order valence-electron chi connectivity index (χ1n) is 9.09. The molecule has 1 amide bonds. The van der Waals surface area contributed by atoms with E-state index in [9.17, 15) is 4.79 Å². The number of aromatic nitrogens is 3. The Morgan fingerprint density at radius 1 is 1.34 bits per heavy atom. The van der Waals surface area contributed by atoms with Gasteiger partial charge >= 0.3 is 0 Å². The Bertz CT molecular complexity index is 974. The van der Waals surface area contributed by atoms with Crippen LogP contribution in [0.25, 0.3) is 10.2 Å². The maximum absolute atomic E-state index is 13.2. The molecule has 3 aromatic rings. The van der Waals surface area contributed by atoms with E-state index < -0.39 is 0 Å².